The fourth-order valence-electron chi connectivity index (χ4n) is 1.06. The molecule has 0 saturated carbocycles. The molecule has 0 aliphatic rings. The Morgan fingerprint density at radius 1 is 1.56 bits per heavy atom. The van der Waals surface area contributed by atoms with Gasteiger partial charge in [-0.05, 0) is 6.07 Å². The fourth-order valence-corrected chi connectivity index (χ4v) is 1.06. The number of aromatic nitrogens is 1. The van der Waals surface area contributed by atoms with E-state index in [1.54, 1.807) is 12.1 Å². The molecule has 0 atom stereocenters. The SMILES string of the molecule is CN(C(=O)O)c1ncccc1CON(O)O. The maximum atomic E-state index is 10.7. The summed E-state index contributed by atoms with van der Waals surface area (Å²) >= 11 is 0. The fraction of sp³-hybridized carbons (Fsp3) is 0.250. The zero-order valence-electron chi connectivity index (χ0n) is 8.44. The third-order valence-electron chi connectivity index (χ3n) is 1.81. The second kappa shape index (κ2) is 5.37. The Labute approximate surface area is 90.8 Å². The van der Waals surface area contributed by atoms with Gasteiger partial charge in [0.2, 0.25) is 0 Å². The molecular formula is C8H11N3O5. The van der Waals surface area contributed by atoms with E-state index in [1.165, 1.54) is 13.2 Å². The predicted molar refractivity (Wildman–Crippen MR) is 50.9 cm³/mol. The third-order valence-corrected chi connectivity index (χ3v) is 1.81. The summed E-state index contributed by atoms with van der Waals surface area (Å²) in [7, 11) is 1.32. The van der Waals surface area contributed by atoms with Crippen molar-refractivity contribution in [3.8, 4) is 0 Å². The first-order valence-electron chi connectivity index (χ1n) is 4.23. The van der Waals surface area contributed by atoms with Crippen LogP contribution in [0.2, 0.25) is 0 Å². The van der Waals surface area contributed by atoms with E-state index in [0.29, 0.717) is 5.56 Å². The first-order chi connectivity index (χ1) is 7.52. The molecule has 1 heterocycles. The molecule has 1 amide bonds. The topological polar surface area (TPSA) is 106 Å². The number of rotatable bonds is 4. The van der Waals surface area contributed by atoms with Crippen molar-refractivity contribution >= 4 is 11.9 Å². The molecule has 3 N–H and O–H groups in total. The van der Waals surface area contributed by atoms with Crippen LogP contribution in [0.15, 0.2) is 18.3 Å². The van der Waals surface area contributed by atoms with Gasteiger partial charge in [-0.15, -0.1) is 0 Å². The van der Waals surface area contributed by atoms with Gasteiger partial charge in [0, 0.05) is 18.8 Å². The van der Waals surface area contributed by atoms with Crippen LogP contribution >= 0.6 is 0 Å². The van der Waals surface area contributed by atoms with Crippen LogP contribution in [0.3, 0.4) is 0 Å². The van der Waals surface area contributed by atoms with Gasteiger partial charge in [-0.3, -0.25) is 15.3 Å². The first kappa shape index (κ1) is 12.3. The summed E-state index contributed by atoms with van der Waals surface area (Å²) in [5, 5.41) is 25.1. The number of amides is 1. The summed E-state index contributed by atoms with van der Waals surface area (Å²) in [6, 6.07) is 3.14. The Kier molecular flexibility index (Phi) is 4.14. The molecule has 8 nitrogen and oxygen atoms in total. The van der Waals surface area contributed by atoms with E-state index in [4.69, 9.17) is 15.5 Å². The van der Waals surface area contributed by atoms with Crippen molar-refractivity contribution in [1.29, 1.82) is 0 Å². The molecule has 0 bridgehead atoms. The van der Waals surface area contributed by atoms with Gasteiger partial charge in [-0.25, -0.2) is 14.6 Å². The Morgan fingerprint density at radius 3 is 2.81 bits per heavy atom. The second-order valence-corrected chi connectivity index (χ2v) is 2.85. The molecule has 1 aromatic rings. The summed E-state index contributed by atoms with van der Waals surface area (Å²) in [6.07, 6.45) is 0.248. The Balaban J connectivity index is 2.87. The zero-order valence-corrected chi connectivity index (χ0v) is 8.44. The van der Waals surface area contributed by atoms with Crippen molar-refractivity contribution in [3.63, 3.8) is 0 Å². The minimum Gasteiger partial charge on any atom is -0.465 e. The molecule has 0 radical (unpaired) electrons. The van der Waals surface area contributed by atoms with Crippen LogP contribution in [0.4, 0.5) is 10.6 Å². The molecule has 1 aromatic heterocycles. The number of hydrogen-bond acceptors (Lipinski definition) is 6. The van der Waals surface area contributed by atoms with Gasteiger partial charge in [-0.2, -0.15) is 0 Å². The van der Waals surface area contributed by atoms with Gasteiger partial charge in [0.1, 0.15) is 12.4 Å². The van der Waals surface area contributed by atoms with Crippen LogP contribution in [-0.4, -0.2) is 39.0 Å². The van der Waals surface area contributed by atoms with Gasteiger partial charge in [0.05, 0.1) is 5.39 Å². The molecule has 0 saturated heterocycles. The normalized spacial score (nSPS) is 10.5. The molecule has 16 heavy (non-hydrogen) atoms. The van der Waals surface area contributed by atoms with Crippen LogP contribution in [0.25, 0.3) is 0 Å². The Bertz CT molecular complexity index is 370. The quantitative estimate of drug-likeness (QED) is 0.652. The summed E-state index contributed by atoms with van der Waals surface area (Å²) in [6.45, 7) is -0.214. The Hall–Kier alpha value is -1.74. The van der Waals surface area contributed by atoms with Crippen LogP contribution in [-0.2, 0) is 11.4 Å². The highest BCUT2D eigenvalue weighted by Gasteiger charge is 2.14. The van der Waals surface area contributed by atoms with Crippen molar-refractivity contribution in [2.24, 2.45) is 0 Å². The second-order valence-electron chi connectivity index (χ2n) is 2.85. The van der Waals surface area contributed by atoms with Crippen molar-refractivity contribution in [2.75, 3.05) is 11.9 Å². The summed E-state index contributed by atoms with van der Waals surface area (Å²) in [5.41, 5.74) is 0.403. The lowest BCUT2D eigenvalue weighted by molar-refractivity contribution is -0.497. The van der Waals surface area contributed by atoms with E-state index in [0.717, 1.165) is 4.90 Å². The van der Waals surface area contributed by atoms with E-state index in [1.807, 2.05) is 0 Å². The maximum absolute atomic E-state index is 10.7. The van der Waals surface area contributed by atoms with E-state index in [-0.39, 0.29) is 12.4 Å². The standard InChI is InChI=1S/C8H11N3O5/c1-10(8(12)13)7-6(3-2-4-9-7)5-16-11(14)15/h2-4,14-15H,5H2,1H3,(H,12,13). The molecule has 88 valence electrons. The van der Waals surface area contributed by atoms with E-state index in [2.05, 4.69) is 9.82 Å². The number of nitrogens with zero attached hydrogens (tertiary/aromatic N) is 3. The van der Waals surface area contributed by atoms with Crippen molar-refractivity contribution in [3.05, 3.63) is 23.9 Å². The largest absolute Gasteiger partial charge is 0.465 e. The van der Waals surface area contributed by atoms with Gasteiger partial charge in [0.15, 0.2) is 0 Å². The summed E-state index contributed by atoms with van der Waals surface area (Å²) < 4.78 is 0. The minimum atomic E-state index is -1.18. The van der Waals surface area contributed by atoms with Gasteiger partial charge < -0.3 is 5.11 Å². The average molecular weight is 229 g/mol. The number of pyridine rings is 1. The average Bonchev–Trinajstić information content (AvgIpc) is 2.25. The van der Waals surface area contributed by atoms with Gasteiger partial charge >= 0.3 is 6.09 Å². The number of hydrogen-bond donors (Lipinski definition) is 3. The molecule has 0 spiro atoms. The lowest BCUT2D eigenvalue weighted by Crippen LogP contribution is -2.26. The molecular weight excluding hydrogens is 218 g/mol. The third kappa shape index (κ3) is 3.14. The number of anilines is 1. The highest BCUT2D eigenvalue weighted by Crippen LogP contribution is 2.16. The molecule has 1 rings (SSSR count). The van der Waals surface area contributed by atoms with Crippen LogP contribution < -0.4 is 4.90 Å². The summed E-state index contributed by atoms with van der Waals surface area (Å²) in [4.78, 5) is 19.9. The van der Waals surface area contributed by atoms with Crippen molar-refractivity contribution in [2.45, 2.75) is 6.61 Å². The predicted octanol–water partition coefficient (Wildman–Crippen LogP) is 0.708. The number of carbonyl (C=O) groups is 1. The lowest BCUT2D eigenvalue weighted by atomic mass is 10.2. The maximum Gasteiger partial charge on any atom is 0.412 e. The van der Waals surface area contributed by atoms with Gasteiger partial charge in [-0.1, -0.05) is 6.07 Å². The highest BCUT2D eigenvalue weighted by atomic mass is 17.1. The molecule has 0 aliphatic heterocycles. The number of carboxylic acid groups (broad SMARTS) is 1. The first-order valence-corrected chi connectivity index (χ1v) is 4.23. The highest BCUT2D eigenvalue weighted by molar-refractivity contribution is 5.84. The molecule has 0 aliphatic carbocycles. The molecule has 8 heteroatoms. The van der Waals surface area contributed by atoms with Gasteiger partial charge in [0.25, 0.3) is 0 Å². The van der Waals surface area contributed by atoms with Crippen LogP contribution in [0, 0.1) is 0 Å². The van der Waals surface area contributed by atoms with Crippen molar-refractivity contribution < 1.29 is 25.2 Å². The molecule has 0 fully saturated rings. The minimum absolute atomic E-state index is 0.164. The van der Waals surface area contributed by atoms with Crippen LogP contribution in [0.1, 0.15) is 5.56 Å². The Morgan fingerprint density at radius 2 is 2.25 bits per heavy atom. The van der Waals surface area contributed by atoms with E-state index in [9.17, 15) is 4.79 Å². The lowest BCUT2D eigenvalue weighted by Gasteiger charge is -2.16. The van der Waals surface area contributed by atoms with E-state index < -0.39 is 11.5 Å². The van der Waals surface area contributed by atoms with E-state index >= 15 is 0 Å². The van der Waals surface area contributed by atoms with Crippen molar-refractivity contribution in [1.82, 2.24) is 10.4 Å². The van der Waals surface area contributed by atoms with Crippen LogP contribution in [0.5, 0.6) is 0 Å². The molecule has 0 unspecified atom stereocenters. The molecule has 0 aromatic carbocycles. The smallest absolute Gasteiger partial charge is 0.412 e. The zero-order chi connectivity index (χ0) is 12.1. The summed E-state index contributed by atoms with van der Waals surface area (Å²) in [5.74, 6) is 0.164. The monoisotopic (exact) mass is 229 g/mol.